The van der Waals surface area contributed by atoms with Crippen molar-refractivity contribution in [2.24, 2.45) is 0 Å². The Kier molecular flexibility index (Phi) is 6.49. The second-order valence-corrected chi connectivity index (χ2v) is 6.11. The maximum absolute atomic E-state index is 12.2. The van der Waals surface area contributed by atoms with Crippen LogP contribution in [0.4, 0.5) is 0 Å². The lowest BCUT2D eigenvalue weighted by molar-refractivity contribution is -0.137. The van der Waals surface area contributed by atoms with Gasteiger partial charge in [-0.3, -0.25) is 14.4 Å². The van der Waals surface area contributed by atoms with Gasteiger partial charge in [-0.2, -0.15) is 0 Å². The number of carboxylic acid groups (broad SMARTS) is 1. The molecule has 0 aliphatic rings. The van der Waals surface area contributed by atoms with Crippen LogP contribution in [0, 0.1) is 13.8 Å². The van der Waals surface area contributed by atoms with Gasteiger partial charge in [0.25, 0.3) is 5.91 Å². The van der Waals surface area contributed by atoms with Gasteiger partial charge in [0, 0.05) is 5.56 Å². The molecule has 2 aromatic rings. The first-order valence-corrected chi connectivity index (χ1v) is 8.28. The zero-order valence-electron chi connectivity index (χ0n) is 14.8. The number of carbonyl (C=O) groups is 3. The van der Waals surface area contributed by atoms with Crippen LogP contribution < -0.4 is 10.6 Å². The van der Waals surface area contributed by atoms with E-state index in [2.05, 4.69) is 10.6 Å². The summed E-state index contributed by atoms with van der Waals surface area (Å²) in [7, 11) is 0. The van der Waals surface area contributed by atoms with Crippen molar-refractivity contribution in [2.45, 2.75) is 26.3 Å². The molecule has 0 saturated carbocycles. The second kappa shape index (κ2) is 8.80. The number of aliphatic carboxylic acids is 1. The van der Waals surface area contributed by atoms with Crippen LogP contribution >= 0.6 is 0 Å². The van der Waals surface area contributed by atoms with Crippen molar-refractivity contribution >= 4 is 17.8 Å². The number of hydrogen-bond acceptors (Lipinski definition) is 3. The van der Waals surface area contributed by atoms with Crippen LogP contribution in [-0.4, -0.2) is 29.4 Å². The molecule has 1 unspecified atom stereocenters. The lowest BCUT2D eigenvalue weighted by Crippen LogP contribution is -2.39. The summed E-state index contributed by atoms with van der Waals surface area (Å²) in [6.45, 7) is 3.64. The summed E-state index contributed by atoms with van der Waals surface area (Å²) in [5.74, 6) is -1.81. The first kappa shape index (κ1) is 19.2. The molecule has 0 heterocycles. The summed E-state index contributed by atoms with van der Waals surface area (Å²) in [6, 6.07) is 13.5. The van der Waals surface area contributed by atoms with Crippen LogP contribution in [0.2, 0.25) is 0 Å². The Morgan fingerprint density at radius 3 is 2.31 bits per heavy atom. The molecule has 3 N–H and O–H groups in total. The van der Waals surface area contributed by atoms with E-state index in [-0.39, 0.29) is 18.9 Å². The molecule has 1 atom stereocenters. The Labute approximate surface area is 152 Å². The number of carboxylic acids is 1. The van der Waals surface area contributed by atoms with Gasteiger partial charge in [-0.1, -0.05) is 36.4 Å². The first-order valence-electron chi connectivity index (χ1n) is 8.28. The molecule has 0 aliphatic carbocycles. The van der Waals surface area contributed by atoms with E-state index in [0.29, 0.717) is 11.1 Å². The Bertz CT molecular complexity index is 803. The first-order chi connectivity index (χ1) is 12.4. The predicted molar refractivity (Wildman–Crippen MR) is 97.8 cm³/mol. The minimum Gasteiger partial charge on any atom is -0.481 e. The largest absolute Gasteiger partial charge is 0.481 e. The summed E-state index contributed by atoms with van der Waals surface area (Å²) in [5.41, 5.74) is 3.25. The maximum Gasteiger partial charge on any atom is 0.305 e. The number of amides is 2. The summed E-state index contributed by atoms with van der Waals surface area (Å²) in [5, 5.41) is 14.3. The SMILES string of the molecule is Cc1ccc(C(=O)NCC(=O)NC(CC(=O)O)c2ccccc2)cc1C. The Morgan fingerprint density at radius 1 is 1.00 bits per heavy atom. The average Bonchev–Trinajstić information content (AvgIpc) is 2.62. The number of hydrogen-bond donors (Lipinski definition) is 3. The minimum atomic E-state index is -1.02. The Morgan fingerprint density at radius 2 is 1.69 bits per heavy atom. The van der Waals surface area contributed by atoms with E-state index in [9.17, 15) is 14.4 Å². The maximum atomic E-state index is 12.2. The molecule has 2 rings (SSSR count). The van der Waals surface area contributed by atoms with Crippen molar-refractivity contribution in [1.29, 1.82) is 0 Å². The van der Waals surface area contributed by atoms with Crippen molar-refractivity contribution in [3.63, 3.8) is 0 Å². The van der Waals surface area contributed by atoms with Crippen molar-refractivity contribution in [2.75, 3.05) is 6.54 Å². The molecule has 0 aliphatic heterocycles. The molecule has 26 heavy (non-hydrogen) atoms. The van der Waals surface area contributed by atoms with Gasteiger partial charge in [0.1, 0.15) is 0 Å². The van der Waals surface area contributed by atoms with Crippen LogP contribution in [-0.2, 0) is 9.59 Å². The molecule has 0 aromatic heterocycles. The minimum absolute atomic E-state index is 0.227. The highest BCUT2D eigenvalue weighted by atomic mass is 16.4. The summed E-state index contributed by atoms with van der Waals surface area (Å²) in [4.78, 5) is 35.4. The molecule has 0 radical (unpaired) electrons. The monoisotopic (exact) mass is 354 g/mol. The van der Waals surface area contributed by atoms with Gasteiger partial charge in [-0.25, -0.2) is 0 Å². The normalized spacial score (nSPS) is 11.5. The van der Waals surface area contributed by atoms with E-state index in [0.717, 1.165) is 11.1 Å². The van der Waals surface area contributed by atoms with Crippen LogP contribution in [0.15, 0.2) is 48.5 Å². The summed E-state index contributed by atoms with van der Waals surface area (Å²) < 4.78 is 0. The lowest BCUT2D eigenvalue weighted by atomic mass is 10.0. The van der Waals surface area contributed by atoms with Crippen LogP contribution in [0.3, 0.4) is 0 Å². The predicted octanol–water partition coefficient (Wildman–Crippen LogP) is 2.37. The van der Waals surface area contributed by atoms with Gasteiger partial charge in [-0.15, -0.1) is 0 Å². The highest BCUT2D eigenvalue weighted by molar-refractivity contribution is 5.96. The molecular weight excluding hydrogens is 332 g/mol. The molecule has 6 heteroatoms. The fourth-order valence-electron chi connectivity index (χ4n) is 2.50. The van der Waals surface area contributed by atoms with E-state index in [1.165, 1.54) is 0 Å². The van der Waals surface area contributed by atoms with Gasteiger partial charge in [0.15, 0.2) is 0 Å². The fourth-order valence-corrected chi connectivity index (χ4v) is 2.50. The van der Waals surface area contributed by atoms with Crippen molar-refractivity contribution < 1.29 is 19.5 Å². The highest BCUT2D eigenvalue weighted by Gasteiger charge is 2.18. The van der Waals surface area contributed by atoms with Crippen LogP contribution in [0.1, 0.15) is 39.5 Å². The molecule has 2 aromatic carbocycles. The smallest absolute Gasteiger partial charge is 0.305 e. The molecule has 0 saturated heterocycles. The van der Waals surface area contributed by atoms with Crippen molar-refractivity contribution in [3.05, 3.63) is 70.8 Å². The zero-order valence-corrected chi connectivity index (χ0v) is 14.8. The lowest BCUT2D eigenvalue weighted by Gasteiger charge is -2.17. The number of nitrogens with one attached hydrogen (secondary N) is 2. The molecule has 0 spiro atoms. The molecule has 0 bridgehead atoms. The standard InChI is InChI=1S/C20H22N2O4/c1-13-8-9-16(10-14(13)2)20(26)21-12-18(23)22-17(11-19(24)25)15-6-4-3-5-7-15/h3-10,17H,11-12H2,1-2H3,(H,21,26)(H,22,23)(H,24,25). The molecular formula is C20H22N2O4. The number of rotatable bonds is 7. The molecule has 136 valence electrons. The molecule has 6 nitrogen and oxygen atoms in total. The quantitative estimate of drug-likeness (QED) is 0.711. The van der Waals surface area contributed by atoms with E-state index in [1.54, 1.807) is 36.4 Å². The third-order valence-electron chi connectivity index (χ3n) is 4.09. The van der Waals surface area contributed by atoms with Gasteiger partial charge >= 0.3 is 5.97 Å². The third kappa shape index (κ3) is 5.44. The average molecular weight is 354 g/mol. The van der Waals surface area contributed by atoms with Crippen molar-refractivity contribution in [3.8, 4) is 0 Å². The topological polar surface area (TPSA) is 95.5 Å². The van der Waals surface area contributed by atoms with Gasteiger partial charge in [-0.05, 0) is 42.7 Å². The fraction of sp³-hybridized carbons (Fsp3) is 0.250. The third-order valence-corrected chi connectivity index (χ3v) is 4.09. The van der Waals surface area contributed by atoms with Gasteiger partial charge in [0.05, 0.1) is 19.0 Å². The van der Waals surface area contributed by atoms with Crippen LogP contribution in [0.25, 0.3) is 0 Å². The van der Waals surface area contributed by atoms with E-state index in [1.807, 2.05) is 26.0 Å². The molecule has 0 fully saturated rings. The number of aryl methyl sites for hydroxylation is 2. The summed E-state index contributed by atoms with van der Waals surface area (Å²) >= 11 is 0. The van der Waals surface area contributed by atoms with Crippen molar-refractivity contribution in [1.82, 2.24) is 10.6 Å². The molecule has 2 amide bonds. The summed E-state index contributed by atoms with van der Waals surface area (Å²) in [6.07, 6.45) is -0.235. The number of carbonyl (C=O) groups excluding carboxylic acids is 2. The second-order valence-electron chi connectivity index (χ2n) is 6.11. The highest BCUT2D eigenvalue weighted by Crippen LogP contribution is 2.16. The van der Waals surface area contributed by atoms with Gasteiger partial charge in [0.2, 0.25) is 5.91 Å². The van der Waals surface area contributed by atoms with E-state index >= 15 is 0 Å². The van der Waals surface area contributed by atoms with Crippen LogP contribution in [0.5, 0.6) is 0 Å². The Balaban J connectivity index is 1.96. The Hall–Kier alpha value is -3.15. The zero-order chi connectivity index (χ0) is 19.1. The van der Waals surface area contributed by atoms with E-state index in [4.69, 9.17) is 5.11 Å². The van der Waals surface area contributed by atoms with E-state index < -0.39 is 17.9 Å². The number of benzene rings is 2. The van der Waals surface area contributed by atoms with Gasteiger partial charge < -0.3 is 15.7 Å².